The van der Waals surface area contributed by atoms with Gasteiger partial charge in [-0.1, -0.05) is 0 Å². The Hall–Kier alpha value is -1.90. The molecule has 0 fully saturated rings. The minimum absolute atomic E-state index is 0.0330. The molecule has 0 aliphatic heterocycles. The molecular weight excluding hydrogens is 172 g/mol. The summed E-state index contributed by atoms with van der Waals surface area (Å²) >= 11 is 0. The highest BCUT2D eigenvalue weighted by atomic mass is 16.4. The Labute approximate surface area is 74.4 Å². The molecule has 6 heteroatoms. The van der Waals surface area contributed by atoms with E-state index in [1.165, 1.54) is 20.2 Å². The monoisotopic (exact) mass is 180 g/mol. The van der Waals surface area contributed by atoms with Gasteiger partial charge in [0.25, 0.3) is 5.82 Å². The third kappa shape index (κ3) is 1.49. The van der Waals surface area contributed by atoms with Crippen LogP contribution in [0.1, 0.15) is 19.7 Å². The number of nitriles is 1. The summed E-state index contributed by atoms with van der Waals surface area (Å²) in [5.74, 6) is -1.06. The molecule has 0 aliphatic carbocycles. The zero-order chi connectivity index (χ0) is 10.1. The van der Waals surface area contributed by atoms with Crippen molar-refractivity contribution < 1.29 is 9.90 Å². The number of carboxylic acids is 1. The van der Waals surface area contributed by atoms with Crippen LogP contribution in [0, 0.1) is 11.3 Å². The van der Waals surface area contributed by atoms with Crippen LogP contribution < -0.4 is 0 Å². The lowest BCUT2D eigenvalue weighted by Gasteiger charge is -2.18. The predicted octanol–water partition coefficient (Wildman–Crippen LogP) is -0.0305. The molecule has 0 bridgehead atoms. The number of carbonyl (C=O) groups is 1. The van der Waals surface area contributed by atoms with Crippen molar-refractivity contribution in [2.45, 2.75) is 19.4 Å². The fraction of sp³-hybridized carbons (Fsp3) is 0.429. The largest absolute Gasteiger partial charge is 0.479 e. The first-order valence-corrected chi connectivity index (χ1v) is 3.54. The summed E-state index contributed by atoms with van der Waals surface area (Å²) in [6.45, 7) is 2.95. The fourth-order valence-electron chi connectivity index (χ4n) is 0.682. The number of carboxylic acid groups (broad SMARTS) is 1. The van der Waals surface area contributed by atoms with Crippen LogP contribution in [0.3, 0.4) is 0 Å². The van der Waals surface area contributed by atoms with Crippen molar-refractivity contribution in [1.82, 2.24) is 14.8 Å². The van der Waals surface area contributed by atoms with Crippen molar-refractivity contribution in [3.05, 3.63) is 12.2 Å². The Morgan fingerprint density at radius 2 is 2.38 bits per heavy atom. The van der Waals surface area contributed by atoms with Gasteiger partial charge in [-0.25, -0.2) is 14.5 Å². The van der Waals surface area contributed by atoms with Gasteiger partial charge in [0.2, 0.25) is 0 Å². The quantitative estimate of drug-likeness (QED) is 0.689. The molecule has 0 amide bonds. The Kier molecular flexibility index (Phi) is 2.02. The summed E-state index contributed by atoms with van der Waals surface area (Å²) in [6.07, 6.45) is 1.23. The predicted molar refractivity (Wildman–Crippen MR) is 41.7 cm³/mol. The molecule has 0 spiro atoms. The zero-order valence-corrected chi connectivity index (χ0v) is 7.22. The zero-order valence-electron chi connectivity index (χ0n) is 7.22. The van der Waals surface area contributed by atoms with E-state index in [2.05, 4.69) is 10.1 Å². The van der Waals surface area contributed by atoms with Crippen molar-refractivity contribution in [2.24, 2.45) is 0 Å². The molecule has 13 heavy (non-hydrogen) atoms. The molecule has 6 nitrogen and oxygen atoms in total. The van der Waals surface area contributed by atoms with E-state index in [1.54, 1.807) is 6.07 Å². The maximum Gasteiger partial charge on any atom is 0.331 e. The molecule has 0 unspecified atom stereocenters. The Morgan fingerprint density at radius 1 is 1.77 bits per heavy atom. The third-order valence-electron chi connectivity index (χ3n) is 1.69. The summed E-state index contributed by atoms with van der Waals surface area (Å²) in [5.41, 5.74) is -1.18. The van der Waals surface area contributed by atoms with Crippen LogP contribution in [-0.2, 0) is 10.3 Å². The first-order valence-electron chi connectivity index (χ1n) is 3.54. The van der Waals surface area contributed by atoms with Gasteiger partial charge in [0.15, 0.2) is 5.54 Å². The van der Waals surface area contributed by atoms with Gasteiger partial charge in [-0.3, -0.25) is 0 Å². The van der Waals surface area contributed by atoms with Crippen LogP contribution in [0.2, 0.25) is 0 Å². The van der Waals surface area contributed by atoms with Crippen molar-refractivity contribution in [2.75, 3.05) is 0 Å². The van der Waals surface area contributed by atoms with Crippen LogP contribution >= 0.6 is 0 Å². The fourth-order valence-corrected chi connectivity index (χ4v) is 0.682. The van der Waals surface area contributed by atoms with Crippen LogP contribution in [0.5, 0.6) is 0 Å². The van der Waals surface area contributed by atoms with Crippen molar-refractivity contribution in [1.29, 1.82) is 5.26 Å². The minimum Gasteiger partial charge on any atom is -0.479 e. The van der Waals surface area contributed by atoms with Gasteiger partial charge in [-0.2, -0.15) is 5.26 Å². The molecule has 1 aromatic rings. The Bertz CT molecular complexity index is 374. The Morgan fingerprint density at radius 3 is 2.77 bits per heavy atom. The molecule has 0 aliphatic rings. The lowest BCUT2D eigenvalue weighted by atomic mass is 10.1. The van der Waals surface area contributed by atoms with E-state index in [0.29, 0.717) is 0 Å². The van der Waals surface area contributed by atoms with E-state index in [-0.39, 0.29) is 5.82 Å². The van der Waals surface area contributed by atoms with Gasteiger partial charge in [0.05, 0.1) is 0 Å². The van der Waals surface area contributed by atoms with Crippen molar-refractivity contribution in [3.8, 4) is 6.07 Å². The smallest absolute Gasteiger partial charge is 0.331 e. The van der Waals surface area contributed by atoms with Crippen LogP contribution in [0.15, 0.2) is 6.33 Å². The molecule has 0 radical (unpaired) electrons. The molecule has 68 valence electrons. The second-order valence-corrected chi connectivity index (χ2v) is 2.99. The number of hydrogen-bond donors (Lipinski definition) is 1. The topological polar surface area (TPSA) is 91.8 Å². The number of nitrogens with zero attached hydrogens (tertiary/aromatic N) is 4. The van der Waals surface area contributed by atoms with Gasteiger partial charge in [-0.15, -0.1) is 5.10 Å². The molecule has 0 saturated carbocycles. The van der Waals surface area contributed by atoms with Crippen LogP contribution in [-0.4, -0.2) is 25.8 Å². The average molecular weight is 180 g/mol. The van der Waals surface area contributed by atoms with Gasteiger partial charge in [0.1, 0.15) is 12.4 Å². The number of aromatic nitrogens is 3. The van der Waals surface area contributed by atoms with E-state index in [1.807, 2.05) is 0 Å². The number of aliphatic carboxylic acids is 1. The molecule has 1 aromatic heterocycles. The summed E-state index contributed by atoms with van der Waals surface area (Å²) in [6, 6.07) is 1.72. The van der Waals surface area contributed by atoms with Crippen LogP contribution in [0.25, 0.3) is 0 Å². The summed E-state index contributed by atoms with van der Waals surface area (Å²) in [4.78, 5) is 14.4. The van der Waals surface area contributed by atoms with Gasteiger partial charge < -0.3 is 5.11 Å². The standard InChI is InChI=1S/C7H8N4O2/c1-7(2,6(12)13)11-4-9-5(3-8)10-11/h4H,1-2H3,(H,12,13). The molecule has 1 heterocycles. The highest BCUT2D eigenvalue weighted by Gasteiger charge is 2.30. The highest BCUT2D eigenvalue weighted by Crippen LogP contribution is 2.12. The van der Waals surface area contributed by atoms with Crippen molar-refractivity contribution in [3.63, 3.8) is 0 Å². The SMILES string of the molecule is CC(C)(C(=O)O)n1cnc(C#N)n1. The van der Waals surface area contributed by atoms with E-state index in [9.17, 15) is 4.79 Å². The second-order valence-electron chi connectivity index (χ2n) is 2.99. The molecular formula is C7H8N4O2. The van der Waals surface area contributed by atoms with E-state index in [0.717, 1.165) is 4.68 Å². The minimum atomic E-state index is -1.18. The maximum atomic E-state index is 10.7. The van der Waals surface area contributed by atoms with Gasteiger partial charge in [-0.05, 0) is 13.8 Å². The molecule has 0 atom stereocenters. The highest BCUT2D eigenvalue weighted by molar-refractivity contribution is 5.75. The summed E-state index contributed by atoms with van der Waals surface area (Å²) in [7, 11) is 0. The van der Waals surface area contributed by atoms with E-state index in [4.69, 9.17) is 10.4 Å². The number of rotatable bonds is 2. The lowest BCUT2D eigenvalue weighted by molar-refractivity contribution is -0.146. The van der Waals surface area contributed by atoms with Gasteiger partial charge in [0, 0.05) is 0 Å². The third-order valence-corrected chi connectivity index (χ3v) is 1.69. The van der Waals surface area contributed by atoms with Gasteiger partial charge >= 0.3 is 5.97 Å². The maximum absolute atomic E-state index is 10.7. The van der Waals surface area contributed by atoms with Crippen molar-refractivity contribution >= 4 is 5.97 Å². The lowest BCUT2D eigenvalue weighted by Crippen LogP contribution is -2.36. The molecule has 1 rings (SSSR count). The number of hydrogen-bond acceptors (Lipinski definition) is 4. The first kappa shape index (κ1) is 9.19. The Balaban J connectivity index is 3.09. The summed E-state index contributed by atoms with van der Waals surface area (Å²) in [5, 5.41) is 20.9. The average Bonchev–Trinajstić information content (AvgIpc) is 2.51. The molecule has 1 N–H and O–H groups in total. The second kappa shape index (κ2) is 2.86. The van der Waals surface area contributed by atoms with E-state index < -0.39 is 11.5 Å². The molecule has 0 aromatic carbocycles. The normalized spacial score (nSPS) is 10.8. The first-order chi connectivity index (χ1) is 5.98. The molecule has 0 saturated heterocycles. The summed E-state index contributed by atoms with van der Waals surface area (Å²) < 4.78 is 1.15. The van der Waals surface area contributed by atoms with E-state index >= 15 is 0 Å². The van der Waals surface area contributed by atoms with Crippen LogP contribution in [0.4, 0.5) is 0 Å².